The fraction of sp³-hybridized carbons (Fsp3) is 0.962. The molecule has 0 aromatic heterocycles. The van der Waals surface area contributed by atoms with Crippen molar-refractivity contribution < 1.29 is 9.90 Å². The zero-order chi connectivity index (χ0) is 23.0. The van der Waals surface area contributed by atoms with Gasteiger partial charge in [-0.25, -0.2) is 0 Å². The summed E-state index contributed by atoms with van der Waals surface area (Å²) in [5.74, 6) is 0.252. The first-order valence-corrected chi connectivity index (χ1v) is 20.4. The Hall–Kier alpha value is 0.619. The summed E-state index contributed by atoms with van der Waals surface area (Å²) in [6, 6.07) is 0. The standard InChI is InChI=1S/C8H18.2C8H17.C2H3O2S.Sn.H/c1-4-5-6-7-8(2)3;2*1-3-5-7-8-6-4-2;3-2(4)1-5;;/h8H,4-7H2,1-3H3;2*1,3-8H2,2H3;1,5H,(H,3,4);;. The van der Waals surface area contributed by atoms with Gasteiger partial charge >= 0.3 is 151 Å². The van der Waals surface area contributed by atoms with E-state index in [0.29, 0.717) is 0 Å². The number of carboxylic acids is 1. The van der Waals surface area contributed by atoms with Crippen LogP contribution in [0.4, 0.5) is 0 Å². The van der Waals surface area contributed by atoms with Crippen LogP contribution in [0.2, 0.25) is 8.87 Å². The normalized spacial score (nSPS) is 12.1. The van der Waals surface area contributed by atoms with Crippen LogP contribution in [0, 0.1) is 5.92 Å². The Kier molecular flexibility index (Phi) is 28.3. The van der Waals surface area contributed by atoms with Crippen LogP contribution in [0.15, 0.2) is 0 Å². The third-order valence-electron chi connectivity index (χ3n) is 5.94. The molecule has 0 radical (unpaired) electrons. The van der Waals surface area contributed by atoms with E-state index in [-0.39, 0.29) is 3.27 Å². The molecule has 2 nitrogen and oxygen atoms in total. The third kappa shape index (κ3) is 24.9. The number of hydrogen-bond acceptors (Lipinski definition) is 2. The van der Waals surface area contributed by atoms with Crippen LogP contribution in [-0.4, -0.2) is 34.1 Å². The van der Waals surface area contributed by atoms with E-state index in [1.807, 2.05) is 0 Å². The molecule has 1 atom stereocenters. The Labute approximate surface area is 202 Å². The molecule has 1 unspecified atom stereocenters. The van der Waals surface area contributed by atoms with Crippen molar-refractivity contribution >= 4 is 38.4 Å². The average Bonchev–Trinajstić information content (AvgIpc) is 2.71. The molecular formula is C26H56O2SSn. The van der Waals surface area contributed by atoms with Crippen molar-refractivity contribution in [1.29, 1.82) is 0 Å². The molecule has 0 fully saturated rings. The van der Waals surface area contributed by atoms with Crippen LogP contribution in [0.5, 0.6) is 0 Å². The summed E-state index contributed by atoms with van der Waals surface area (Å²) in [5, 5.41) is 9.27. The monoisotopic (exact) mass is 552 g/mol. The van der Waals surface area contributed by atoms with E-state index >= 15 is 0 Å². The molecule has 182 valence electrons. The van der Waals surface area contributed by atoms with Crippen LogP contribution in [-0.2, 0) is 4.79 Å². The van der Waals surface area contributed by atoms with Gasteiger partial charge in [-0.15, -0.1) is 0 Å². The molecule has 0 rings (SSSR count). The molecule has 0 aliphatic heterocycles. The number of rotatable bonds is 20. The summed E-state index contributed by atoms with van der Waals surface area (Å²) in [7, 11) is 0. The van der Waals surface area contributed by atoms with Gasteiger partial charge < -0.3 is 0 Å². The molecule has 0 aliphatic carbocycles. The van der Waals surface area contributed by atoms with Gasteiger partial charge in [-0.3, -0.25) is 0 Å². The number of carbonyl (C=O) groups is 1. The molecule has 0 amide bonds. The molecule has 0 spiro atoms. The number of aliphatic carboxylic acids is 1. The van der Waals surface area contributed by atoms with Crippen molar-refractivity contribution in [2.24, 2.45) is 5.92 Å². The topological polar surface area (TPSA) is 37.3 Å². The van der Waals surface area contributed by atoms with E-state index in [9.17, 15) is 9.90 Å². The Balaban J connectivity index is 0. The van der Waals surface area contributed by atoms with Gasteiger partial charge in [-0.1, -0.05) is 46.5 Å². The van der Waals surface area contributed by atoms with Crippen molar-refractivity contribution in [1.82, 2.24) is 0 Å². The molecule has 0 aromatic rings. The van der Waals surface area contributed by atoms with Crippen molar-refractivity contribution in [3.8, 4) is 0 Å². The molecule has 0 saturated carbocycles. The first-order valence-electron chi connectivity index (χ1n) is 13.3. The van der Waals surface area contributed by atoms with E-state index in [1.54, 1.807) is 0 Å². The maximum atomic E-state index is 11.3. The molecule has 0 aliphatic rings. The summed E-state index contributed by atoms with van der Waals surface area (Å²) in [6.45, 7) is 11.3. The molecule has 1 N–H and O–H groups in total. The molecule has 0 bridgehead atoms. The number of thiol groups is 1. The molecule has 4 heteroatoms. The van der Waals surface area contributed by atoms with Gasteiger partial charge in [0.05, 0.1) is 0 Å². The van der Waals surface area contributed by atoms with Crippen LogP contribution in [0.1, 0.15) is 137 Å². The molecule has 0 aromatic carbocycles. The van der Waals surface area contributed by atoms with Crippen molar-refractivity contribution in [3.05, 3.63) is 0 Å². The third-order valence-corrected chi connectivity index (χ3v) is 18.9. The minimum absolute atomic E-state index is 0.270. The Morgan fingerprint density at radius 2 is 1.07 bits per heavy atom. The zero-order valence-electron chi connectivity index (χ0n) is 21.3. The predicted molar refractivity (Wildman–Crippen MR) is 143 cm³/mol. The maximum absolute atomic E-state index is 11.3. The summed E-state index contributed by atoms with van der Waals surface area (Å²) in [4.78, 5) is 11.3. The van der Waals surface area contributed by atoms with E-state index in [1.165, 1.54) is 112 Å². The van der Waals surface area contributed by atoms with Gasteiger partial charge in [-0.05, 0) is 5.92 Å². The fourth-order valence-electron chi connectivity index (χ4n) is 3.84. The van der Waals surface area contributed by atoms with Crippen molar-refractivity contribution in [2.45, 2.75) is 149 Å². The Bertz CT molecular complexity index is 334. The summed E-state index contributed by atoms with van der Waals surface area (Å²) >= 11 is 2.43. The van der Waals surface area contributed by atoms with Crippen LogP contribution in [0.3, 0.4) is 0 Å². The average molecular weight is 552 g/mol. The van der Waals surface area contributed by atoms with Gasteiger partial charge in [-0.2, -0.15) is 0 Å². The second-order valence-corrected chi connectivity index (χ2v) is 21.2. The predicted octanol–water partition coefficient (Wildman–Crippen LogP) is 9.08. The molecule has 0 heterocycles. The number of hydrogen-bond donors (Lipinski definition) is 2. The van der Waals surface area contributed by atoms with Crippen LogP contribution in [0.25, 0.3) is 0 Å². The van der Waals surface area contributed by atoms with Gasteiger partial charge in [0.25, 0.3) is 0 Å². The van der Waals surface area contributed by atoms with E-state index in [0.717, 1.165) is 5.92 Å². The molecular weight excluding hydrogens is 495 g/mol. The zero-order valence-corrected chi connectivity index (χ0v) is 25.5. The number of carboxylic acid groups (broad SMARTS) is 1. The molecule has 0 saturated heterocycles. The summed E-state index contributed by atoms with van der Waals surface area (Å²) in [5.41, 5.74) is 0. The quantitative estimate of drug-likeness (QED) is 0.0900. The summed E-state index contributed by atoms with van der Waals surface area (Å²) < 4.78 is 2.21. The Morgan fingerprint density at radius 1 is 0.700 bits per heavy atom. The van der Waals surface area contributed by atoms with Crippen molar-refractivity contribution in [3.63, 3.8) is 0 Å². The first-order chi connectivity index (χ1) is 14.4. The van der Waals surface area contributed by atoms with Crippen LogP contribution >= 0.6 is 12.6 Å². The van der Waals surface area contributed by atoms with E-state index in [2.05, 4.69) is 47.2 Å². The first kappa shape index (κ1) is 32.8. The minimum atomic E-state index is -2.00. The Morgan fingerprint density at radius 3 is 1.43 bits per heavy atom. The number of unbranched alkanes of at least 4 members (excludes halogenated alkanes) is 12. The SMILES string of the molecule is CCCCCC(C)C.CCCCCCC[CH2][SnH]([CH2]CCCCCCC)[CH](S)C(=O)O. The van der Waals surface area contributed by atoms with Gasteiger partial charge in [0.15, 0.2) is 0 Å². The van der Waals surface area contributed by atoms with Gasteiger partial charge in [0.1, 0.15) is 0 Å². The fourth-order valence-corrected chi connectivity index (χ4v) is 14.3. The van der Waals surface area contributed by atoms with E-state index in [4.69, 9.17) is 0 Å². The second kappa shape index (κ2) is 25.9. The van der Waals surface area contributed by atoms with Gasteiger partial charge in [0.2, 0.25) is 0 Å². The van der Waals surface area contributed by atoms with Crippen LogP contribution < -0.4 is 0 Å². The summed E-state index contributed by atoms with van der Waals surface area (Å²) in [6.07, 6.45) is 21.3. The van der Waals surface area contributed by atoms with Gasteiger partial charge in [0, 0.05) is 0 Å². The van der Waals surface area contributed by atoms with E-state index < -0.39 is 25.7 Å². The van der Waals surface area contributed by atoms with Crippen molar-refractivity contribution in [2.75, 3.05) is 0 Å². The second-order valence-electron chi connectivity index (χ2n) is 9.55. The molecule has 30 heavy (non-hydrogen) atoms.